The first-order valence-corrected chi connectivity index (χ1v) is 6.76. The van der Waals surface area contributed by atoms with Crippen LogP contribution in [0, 0.1) is 16.7 Å². The van der Waals surface area contributed by atoms with Crippen LogP contribution >= 0.6 is 0 Å². The Hall–Kier alpha value is -1.60. The molecule has 1 aromatic heterocycles. The van der Waals surface area contributed by atoms with Crippen molar-refractivity contribution in [2.45, 2.75) is 45.1 Å². The summed E-state index contributed by atoms with van der Waals surface area (Å²) in [6.07, 6.45) is 5.29. The van der Waals surface area contributed by atoms with Gasteiger partial charge in [0.1, 0.15) is 11.9 Å². The Balaban J connectivity index is 1.97. The highest BCUT2D eigenvalue weighted by Crippen LogP contribution is 2.40. The lowest BCUT2D eigenvalue weighted by molar-refractivity contribution is -0.0145. The molecule has 0 aliphatic heterocycles. The van der Waals surface area contributed by atoms with E-state index in [4.69, 9.17) is 5.26 Å². The van der Waals surface area contributed by atoms with E-state index in [1.807, 2.05) is 0 Å². The topological polar surface area (TPSA) is 68.9 Å². The molecule has 4 heteroatoms. The van der Waals surface area contributed by atoms with Gasteiger partial charge in [0.25, 0.3) is 0 Å². The summed E-state index contributed by atoms with van der Waals surface area (Å²) < 4.78 is 0. The maximum absolute atomic E-state index is 10.6. The van der Waals surface area contributed by atoms with E-state index >= 15 is 0 Å². The number of nitrogens with one attached hydrogen (secondary N) is 1. The van der Waals surface area contributed by atoms with Gasteiger partial charge < -0.3 is 10.4 Å². The second-order valence-electron chi connectivity index (χ2n) is 6.25. The Bertz CT molecular complexity index is 480. The molecule has 0 saturated heterocycles. The molecule has 0 bridgehead atoms. The number of nitriles is 1. The van der Waals surface area contributed by atoms with Gasteiger partial charge in [-0.2, -0.15) is 5.26 Å². The van der Waals surface area contributed by atoms with Crippen molar-refractivity contribution >= 4 is 5.82 Å². The van der Waals surface area contributed by atoms with Gasteiger partial charge in [-0.15, -0.1) is 0 Å². The predicted octanol–water partition coefficient (Wildman–Crippen LogP) is 2.70. The van der Waals surface area contributed by atoms with Crippen LogP contribution in [0.3, 0.4) is 0 Å². The molecule has 0 atom stereocenters. The fraction of sp³-hybridized carbons (Fsp3) is 0.600. The molecule has 1 aliphatic rings. The van der Waals surface area contributed by atoms with E-state index in [1.165, 1.54) is 0 Å². The highest BCUT2D eigenvalue weighted by atomic mass is 16.3. The Labute approximate surface area is 114 Å². The molecule has 0 unspecified atom stereocenters. The van der Waals surface area contributed by atoms with Crippen molar-refractivity contribution in [3.63, 3.8) is 0 Å². The lowest BCUT2D eigenvalue weighted by Crippen LogP contribution is -2.42. The summed E-state index contributed by atoms with van der Waals surface area (Å²) in [4.78, 5) is 4.15. The highest BCUT2D eigenvalue weighted by molar-refractivity contribution is 5.51. The number of aliphatic hydroxyl groups is 1. The maximum atomic E-state index is 10.6. The standard InChI is InChI=1S/C15H21N3O/c1-14(2)5-7-15(19,8-6-14)11-18-13-12(10-16)4-3-9-17-13/h3-4,9,19H,5-8,11H2,1-2H3,(H,17,18). The van der Waals surface area contributed by atoms with Crippen LogP contribution in [-0.2, 0) is 0 Å². The fourth-order valence-electron chi connectivity index (χ4n) is 2.45. The average Bonchev–Trinajstić information content (AvgIpc) is 2.41. The van der Waals surface area contributed by atoms with E-state index in [-0.39, 0.29) is 0 Å². The third-order valence-corrected chi connectivity index (χ3v) is 4.05. The van der Waals surface area contributed by atoms with Crippen molar-refractivity contribution in [3.8, 4) is 6.07 Å². The SMILES string of the molecule is CC1(C)CCC(O)(CNc2ncccc2C#N)CC1. The monoisotopic (exact) mass is 259 g/mol. The van der Waals surface area contributed by atoms with E-state index in [0.29, 0.717) is 23.3 Å². The van der Waals surface area contributed by atoms with Crippen LogP contribution in [0.5, 0.6) is 0 Å². The number of anilines is 1. The molecule has 102 valence electrons. The number of nitrogens with zero attached hydrogens (tertiary/aromatic N) is 2. The number of pyridine rings is 1. The van der Waals surface area contributed by atoms with Gasteiger partial charge in [-0.1, -0.05) is 13.8 Å². The molecule has 0 aromatic carbocycles. The molecule has 1 fully saturated rings. The number of hydrogen-bond donors (Lipinski definition) is 2. The highest BCUT2D eigenvalue weighted by Gasteiger charge is 2.36. The molecular formula is C15H21N3O. The third kappa shape index (κ3) is 3.45. The van der Waals surface area contributed by atoms with Crippen molar-refractivity contribution in [1.29, 1.82) is 5.26 Å². The molecule has 4 nitrogen and oxygen atoms in total. The van der Waals surface area contributed by atoms with Gasteiger partial charge >= 0.3 is 0 Å². The van der Waals surface area contributed by atoms with Gasteiger partial charge in [0, 0.05) is 12.7 Å². The predicted molar refractivity (Wildman–Crippen MR) is 74.6 cm³/mol. The zero-order valence-electron chi connectivity index (χ0n) is 11.6. The summed E-state index contributed by atoms with van der Waals surface area (Å²) in [5.41, 5.74) is 0.164. The van der Waals surface area contributed by atoms with Crippen LogP contribution in [0.2, 0.25) is 0 Å². The Morgan fingerprint density at radius 1 is 1.37 bits per heavy atom. The van der Waals surface area contributed by atoms with Crippen LogP contribution in [0.1, 0.15) is 45.1 Å². The average molecular weight is 259 g/mol. The largest absolute Gasteiger partial charge is 0.388 e. The van der Waals surface area contributed by atoms with Crippen molar-refractivity contribution in [2.24, 2.45) is 5.41 Å². The molecule has 2 rings (SSSR count). The number of hydrogen-bond acceptors (Lipinski definition) is 4. The van der Waals surface area contributed by atoms with Gasteiger partial charge in [-0.3, -0.25) is 0 Å². The van der Waals surface area contributed by atoms with Crippen LogP contribution < -0.4 is 5.32 Å². The van der Waals surface area contributed by atoms with Crippen molar-refractivity contribution < 1.29 is 5.11 Å². The molecule has 19 heavy (non-hydrogen) atoms. The summed E-state index contributed by atoms with van der Waals surface area (Å²) in [5.74, 6) is 0.559. The van der Waals surface area contributed by atoms with Gasteiger partial charge in [-0.25, -0.2) is 4.98 Å². The molecule has 0 radical (unpaired) electrons. The van der Waals surface area contributed by atoms with Crippen LogP contribution in [0.25, 0.3) is 0 Å². The zero-order chi connectivity index (χ0) is 13.9. The normalized spacial score (nSPS) is 20.5. The summed E-state index contributed by atoms with van der Waals surface area (Å²) in [7, 11) is 0. The molecule has 0 spiro atoms. The minimum atomic E-state index is -0.681. The van der Waals surface area contributed by atoms with E-state index in [9.17, 15) is 5.11 Å². The van der Waals surface area contributed by atoms with E-state index in [2.05, 4.69) is 30.2 Å². The molecule has 1 aromatic rings. The van der Waals surface area contributed by atoms with E-state index < -0.39 is 5.60 Å². The van der Waals surface area contributed by atoms with Crippen LogP contribution in [0.15, 0.2) is 18.3 Å². The molecule has 1 saturated carbocycles. The third-order valence-electron chi connectivity index (χ3n) is 4.05. The van der Waals surface area contributed by atoms with Crippen molar-refractivity contribution in [3.05, 3.63) is 23.9 Å². The molecule has 0 amide bonds. The minimum absolute atomic E-state index is 0.328. The van der Waals surface area contributed by atoms with Gasteiger partial charge in [0.15, 0.2) is 0 Å². The summed E-state index contributed by atoms with van der Waals surface area (Å²) in [6, 6.07) is 5.57. The fourth-order valence-corrected chi connectivity index (χ4v) is 2.45. The quantitative estimate of drug-likeness (QED) is 0.875. The smallest absolute Gasteiger partial charge is 0.143 e. The van der Waals surface area contributed by atoms with Crippen molar-refractivity contribution in [2.75, 3.05) is 11.9 Å². The van der Waals surface area contributed by atoms with E-state index in [0.717, 1.165) is 25.7 Å². The second kappa shape index (κ2) is 5.18. The van der Waals surface area contributed by atoms with Gasteiger partial charge in [0.05, 0.1) is 11.2 Å². The second-order valence-corrected chi connectivity index (χ2v) is 6.25. The van der Waals surface area contributed by atoms with Crippen molar-refractivity contribution in [1.82, 2.24) is 4.98 Å². The lowest BCUT2D eigenvalue weighted by atomic mass is 9.71. The Kier molecular flexibility index (Phi) is 3.77. The zero-order valence-corrected chi connectivity index (χ0v) is 11.6. The maximum Gasteiger partial charge on any atom is 0.143 e. The molecule has 2 N–H and O–H groups in total. The summed E-state index contributed by atoms with van der Waals surface area (Å²) in [6.45, 7) is 4.94. The first kappa shape index (κ1) is 13.8. The minimum Gasteiger partial charge on any atom is -0.388 e. The molecule has 1 aliphatic carbocycles. The van der Waals surface area contributed by atoms with Gasteiger partial charge in [0.2, 0.25) is 0 Å². The molecular weight excluding hydrogens is 238 g/mol. The summed E-state index contributed by atoms with van der Waals surface area (Å²) in [5, 5.41) is 22.7. The van der Waals surface area contributed by atoms with E-state index in [1.54, 1.807) is 18.3 Å². The number of rotatable bonds is 3. The molecule has 1 heterocycles. The Morgan fingerprint density at radius 3 is 2.68 bits per heavy atom. The number of aromatic nitrogens is 1. The lowest BCUT2D eigenvalue weighted by Gasteiger charge is -2.40. The van der Waals surface area contributed by atoms with Crippen LogP contribution in [0.4, 0.5) is 5.82 Å². The Morgan fingerprint density at radius 2 is 2.05 bits per heavy atom. The van der Waals surface area contributed by atoms with Gasteiger partial charge in [-0.05, 0) is 43.2 Å². The first-order valence-electron chi connectivity index (χ1n) is 6.76. The summed E-state index contributed by atoms with van der Waals surface area (Å²) >= 11 is 0. The first-order chi connectivity index (χ1) is 8.94. The van der Waals surface area contributed by atoms with Crippen LogP contribution in [-0.4, -0.2) is 22.2 Å².